The van der Waals surface area contributed by atoms with Crippen molar-refractivity contribution in [3.8, 4) is 0 Å². The highest BCUT2D eigenvalue weighted by Crippen LogP contribution is 2.27. The summed E-state index contributed by atoms with van der Waals surface area (Å²) in [6, 6.07) is 2.53. The Morgan fingerprint density at radius 2 is 2.04 bits per heavy atom. The van der Waals surface area contributed by atoms with Crippen LogP contribution < -0.4 is 0 Å². The Labute approximate surface area is 158 Å². The molecule has 0 spiro atoms. The maximum Gasteiger partial charge on any atom is 0.433 e. The van der Waals surface area contributed by atoms with Gasteiger partial charge in [0.15, 0.2) is 11.5 Å². The van der Waals surface area contributed by atoms with Crippen LogP contribution in [-0.2, 0) is 13.0 Å². The molecule has 9 nitrogen and oxygen atoms in total. The highest BCUT2D eigenvalue weighted by molar-refractivity contribution is 7.13. The van der Waals surface area contributed by atoms with Crippen LogP contribution >= 0.6 is 11.3 Å². The summed E-state index contributed by atoms with van der Waals surface area (Å²) in [6.45, 7) is 3.04. The Hall–Kier alpha value is -2.59. The number of rotatable bonds is 4. The van der Waals surface area contributed by atoms with Gasteiger partial charge in [-0.3, -0.25) is 24.6 Å². The minimum absolute atomic E-state index is 0.0127. The van der Waals surface area contributed by atoms with E-state index in [0.29, 0.717) is 39.1 Å². The first-order valence-electron chi connectivity index (χ1n) is 8.79. The molecule has 0 bridgehead atoms. The summed E-state index contributed by atoms with van der Waals surface area (Å²) >= 11 is 1.48. The number of nitro groups is 1. The molecule has 0 N–H and O–H groups in total. The number of amides is 1. The number of hydrogen-bond acceptors (Lipinski definition) is 8. The van der Waals surface area contributed by atoms with Gasteiger partial charge in [-0.1, -0.05) is 0 Å². The molecule has 4 rings (SSSR count). The van der Waals surface area contributed by atoms with E-state index >= 15 is 0 Å². The molecule has 0 atom stereocenters. The van der Waals surface area contributed by atoms with Crippen molar-refractivity contribution in [2.75, 3.05) is 26.2 Å². The lowest BCUT2D eigenvalue weighted by molar-refractivity contribution is -0.402. The zero-order valence-corrected chi connectivity index (χ0v) is 15.4. The number of aromatic nitrogens is 1. The molecule has 1 aliphatic heterocycles. The van der Waals surface area contributed by atoms with Gasteiger partial charge in [0.1, 0.15) is 9.93 Å². The van der Waals surface area contributed by atoms with Crippen LogP contribution in [0.15, 0.2) is 16.5 Å². The molecular formula is C17H18N4O5S. The zero-order chi connectivity index (χ0) is 19.0. The third-order valence-corrected chi connectivity index (χ3v) is 5.94. The topological polar surface area (TPSA) is 110 Å². The summed E-state index contributed by atoms with van der Waals surface area (Å²) in [4.78, 5) is 43.6. The van der Waals surface area contributed by atoms with E-state index in [0.717, 1.165) is 28.4 Å². The molecule has 1 amide bonds. The van der Waals surface area contributed by atoms with Crippen molar-refractivity contribution in [3.63, 3.8) is 0 Å². The number of carbonyl (C=O) groups is 2. The van der Waals surface area contributed by atoms with Gasteiger partial charge in [0.2, 0.25) is 0 Å². The van der Waals surface area contributed by atoms with Crippen LogP contribution in [0.1, 0.15) is 43.8 Å². The van der Waals surface area contributed by atoms with Gasteiger partial charge in [-0.15, -0.1) is 11.3 Å². The smallest absolute Gasteiger partial charge is 0.395 e. The van der Waals surface area contributed by atoms with Gasteiger partial charge in [0.05, 0.1) is 23.2 Å². The molecule has 1 aliphatic carbocycles. The second kappa shape index (κ2) is 7.20. The minimum Gasteiger partial charge on any atom is -0.395 e. The molecule has 0 saturated carbocycles. The van der Waals surface area contributed by atoms with E-state index < -0.39 is 10.8 Å². The van der Waals surface area contributed by atoms with Gasteiger partial charge in [-0.25, -0.2) is 4.98 Å². The molecular weight excluding hydrogens is 372 g/mol. The fourth-order valence-electron chi connectivity index (χ4n) is 3.38. The van der Waals surface area contributed by atoms with E-state index in [1.807, 2.05) is 0 Å². The highest BCUT2D eigenvalue weighted by atomic mass is 32.1. The number of piperazine rings is 1. The molecule has 27 heavy (non-hydrogen) atoms. The number of ketones is 1. The van der Waals surface area contributed by atoms with Crippen LogP contribution in [0.2, 0.25) is 0 Å². The number of furan rings is 1. The zero-order valence-electron chi connectivity index (χ0n) is 14.5. The Bertz CT molecular complexity index is 897. The molecule has 1 saturated heterocycles. The van der Waals surface area contributed by atoms with Crippen LogP contribution in [0.25, 0.3) is 0 Å². The first-order chi connectivity index (χ1) is 13.0. The molecule has 2 aliphatic rings. The van der Waals surface area contributed by atoms with Crippen molar-refractivity contribution in [3.05, 3.63) is 43.6 Å². The van der Waals surface area contributed by atoms with Crippen molar-refractivity contribution >= 4 is 28.9 Å². The average Bonchev–Trinajstić information content (AvgIpc) is 3.29. The summed E-state index contributed by atoms with van der Waals surface area (Å²) in [6.07, 6.45) is 2.36. The lowest BCUT2D eigenvalue weighted by Gasteiger charge is -2.33. The van der Waals surface area contributed by atoms with E-state index in [1.54, 1.807) is 4.90 Å². The van der Waals surface area contributed by atoms with Crippen molar-refractivity contribution in [1.29, 1.82) is 0 Å². The van der Waals surface area contributed by atoms with Crippen LogP contribution in [0.4, 0.5) is 5.88 Å². The van der Waals surface area contributed by atoms with E-state index in [-0.39, 0.29) is 17.5 Å². The van der Waals surface area contributed by atoms with Gasteiger partial charge in [-0.2, -0.15) is 0 Å². The Morgan fingerprint density at radius 1 is 1.26 bits per heavy atom. The van der Waals surface area contributed by atoms with Crippen LogP contribution in [0.5, 0.6) is 0 Å². The van der Waals surface area contributed by atoms with E-state index in [4.69, 9.17) is 4.42 Å². The normalized spacial score (nSPS) is 17.8. The van der Waals surface area contributed by atoms with Gasteiger partial charge in [-0.05, 0) is 18.9 Å². The lowest BCUT2D eigenvalue weighted by Crippen LogP contribution is -2.48. The van der Waals surface area contributed by atoms with Crippen LogP contribution in [0.3, 0.4) is 0 Å². The van der Waals surface area contributed by atoms with E-state index in [1.165, 1.54) is 23.5 Å². The molecule has 1 fully saturated rings. The Morgan fingerprint density at radius 3 is 2.70 bits per heavy atom. The number of carbonyl (C=O) groups excluding carboxylic acids is 2. The number of aryl methyl sites for hydroxylation is 1. The summed E-state index contributed by atoms with van der Waals surface area (Å²) in [5.74, 6) is -0.582. The third-order valence-electron chi connectivity index (χ3n) is 4.81. The molecule has 142 valence electrons. The van der Waals surface area contributed by atoms with E-state index in [9.17, 15) is 19.7 Å². The Balaban J connectivity index is 1.34. The van der Waals surface area contributed by atoms with Crippen LogP contribution in [0, 0.1) is 10.1 Å². The molecule has 2 aromatic rings. The maximum absolute atomic E-state index is 12.4. The molecule has 0 radical (unpaired) electrons. The SMILES string of the molecule is O=C1CCCc2nc(CN3CCN(C(=O)c4ccc([N+](=O)[O-])o4)CC3)sc21. The van der Waals surface area contributed by atoms with Gasteiger partial charge in [0.25, 0.3) is 5.91 Å². The monoisotopic (exact) mass is 390 g/mol. The number of fused-ring (bicyclic) bond motifs is 1. The predicted molar refractivity (Wildman–Crippen MR) is 95.9 cm³/mol. The van der Waals surface area contributed by atoms with Crippen LogP contribution in [-0.4, -0.2) is 57.6 Å². The maximum atomic E-state index is 12.4. The second-order valence-electron chi connectivity index (χ2n) is 6.62. The third kappa shape index (κ3) is 3.62. The van der Waals surface area contributed by atoms with E-state index in [2.05, 4.69) is 9.88 Å². The summed E-state index contributed by atoms with van der Waals surface area (Å²) in [5.41, 5.74) is 0.930. The molecule has 2 aromatic heterocycles. The standard InChI is InChI=1S/C17H18N4O5S/c22-12-3-1-2-11-16(12)27-14(18-11)10-19-6-8-20(9-7-19)17(23)13-4-5-15(26-13)21(24)25/h4-5H,1-3,6-10H2. The fourth-order valence-corrected chi connectivity index (χ4v) is 4.50. The minimum atomic E-state index is -0.660. The molecule has 0 unspecified atom stereocenters. The fraction of sp³-hybridized carbons (Fsp3) is 0.471. The first kappa shape index (κ1) is 17.8. The largest absolute Gasteiger partial charge is 0.433 e. The molecule has 10 heteroatoms. The molecule has 0 aromatic carbocycles. The van der Waals surface area contributed by atoms with Crippen molar-refractivity contribution in [2.45, 2.75) is 25.8 Å². The van der Waals surface area contributed by atoms with Gasteiger partial charge < -0.3 is 9.32 Å². The Kier molecular flexibility index (Phi) is 4.75. The number of hydrogen-bond donors (Lipinski definition) is 0. The molecule has 3 heterocycles. The lowest BCUT2D eigenvalue weighted by atomic mass is 10.0. The average molecular weight is 390 g/mol. The summed E-state index contributed by atoms with van der Waals surface area (Å²) < 4.78 is 5.00. The van der Waals surface area contributed by atoms with Gasteiger partial charge in [0, 0.05) is 32.6 Å². The highest BCUT2D eigenvalue weighted by Gasteiger charge is 2.27. The van der Waals surface area contributed by atoms with Gasteiger partial charge >= 0.3 is 5.88 Å². The van der Waals surface area contributed by atoms with Crippen molar-refractivity contribution in [2.24, 2.45) is 0 Å². The summed E-state index contributed by atoms with van der Waals surface area (Å²) in [5, 5.41) is 11.6. The van der Waals surface area contributed by atoms with Crippen molar-refractivity contribution in [1.82, 2.24) is 14.8 Å². The van der Waals surface area contributed by atoms with Crippen molar-refractivity contribution < 1.29 is 18.9 Å². The first-order valence-corrected chi connectivity index (χ1v) is 9.60. The second-order valence-corrected chi connectivity index (χ2v) is 7.71. The quantitative estimate of drug-likeness (QED) is 0.581. The number of Topliss-reactive ketones (excluding diaryl/α,β-unsaturated/α-hetero) is 1. The summed E-state index contributed by atoms with van der Waals surface area (Å²) in [7, 11) is 0. The number of nitrogens with zero attached hydrogens (tertiary/aromatic N) is 4. The number of thiazole rings is 1. The predicted octanol–water partition coefficient (Wildman–Crippen LogP) is 2.12.